The lowest BCUT2D eigenvalue weighted by molar-refractivity contribution is -0.137. The van der Waals surface area contributed by atoms with E-state index in [9.17, 15) is 4.79 Å². The van der Waals surface area contributed by atoms with Crippen molar-refractivity contribution in [1.82, 2.24) is 0 Å². The van der Waals surface area contributed by atoms with Crippen molar-refractivity contribution in [1.29, 1.82) is 0 Å². The zero-order valence-corrected chi connectivity index (χ0v) is 6.95. The van der Waals surface area contributed by atoms with Gasteiger partial charge in [-0.05, 0) is 12.1 Å². The van der Waals surface area contributed by atoms with Crippen LogP contribution < -0.4 is 10.6 Å². The van der Waals surface area contributed by atoms with E-state index in [0.717, 1.165) is 11.4 Å². The maximum Gasteiger partial charge on any atom is 0.327 e. The average Bonchev–Trinajstić information content (AvgIpc) is 2.17. The van der Waals surface area contributed by atoms with Crippen molar-refractivity contribution in [2.75, 3.05) is 17.2 Å². The minimum absolute atomic E-state index is 0.423. The van der Waals surface area contributed by atoms with Crippen LogP contribution >= 0.6 is 0 Å². The number of benzene rings is 1. The Morgan fingerprint density at radius 3 is 2.77 bits per heavy atom. The molecule has 2 rings (SSSR count). The van der Waals surface area contributed by atoms with Crippen LogP contribution in [0.15, 0.2) is 24.3 Å². The summed E-state index contributed by atoms with van der Waals surface area (Å²) in [6.07, 6.45) is 0. The first-order chi connectivity index (χ1) is 6.27. The molecule has 0 aromatic heterocycles. The monoisotopic (exact) mass is 178 g/mol. The number of hydrogen-bond acceptors (Lipinski definition) is 3. The minimum Gasteiger partial charge on any atom is -0.480 e. The van der Waals surface area contributed by atoms with Crippen molar-refractivity contribution in [2.24, 2.45) is 0 Å². The molecular formula is C9H10N2O2. The molecule has 1 aliphatic heterocycles. The van der Waals surface area contributed by atoms with Crippen LogP contribution in [0.25, 0.3) is 0 Å². The number of carboxylic acids is 1. The molecule has 0 amide bonds. The highest BCUT2D eigenvalue weighted by molar-refractivity contribution is 5.83. The molecule has 0 spiro atoms. The maximum absolute atomic E-state index is 10.7. The molecule has 0 radical (unpaired) electrons. The van der Waals surface area contributed by atoms with Crippen LogP contribution in [0.4, 0.5) is 11.4 Å². The Morgan fingerprint density at radius 1 is 1.38 bits per heavy atom. The number of nitrogens with one attached hydrogen (secondary N) is 2. The zero-order valence-electron chi connectivity index (χ0n) is 6.95. The molecule has 3 N–H and O–H groups in total. The van der Waals surface area contributed by atoms with Crippen molar-refractivity contribution >= 4 is 17.3 Å². The zero-order chi connectivity index (χ0) is 9.26. The van der Waals surface area contributed by atoms with Gasteiger partial charge in [-0.15, -0.1) is 0 Å². The summed E-state index contributed by atoms with van der Waals surface area (Å²) >= 11 is 0. The fourth-order valence-electron chi connectivity index (χ4n) is 1.36. The highest BCUT2D eigenvalue weighted by Gasteiger charge is 2.21. The van der Waals surface area contributed by atoms with E-state index in [-0.39, 0.29) is 0 Å². The van der Waals surface area contributed by atoms with Crippen LogP contribution in [0.2, 0.25) is 0 Å². The van der Waals surface area contributed by atoms with Crippen LogP contribution in [0, 0.1) is 0 Å². The molecule has 1 unspecified atom stereocenters. The predicted octanol–water partition coefficient (Wildman–Crippen LogP) is 0.977. The maximum atomic E-state index is 10.7. The van der Waals surface area contributed by atoms with E-state index < -0.39 is 12.0 Å². The lowest BCUT2D eigenvalue weighted by Gasteiger charge is -2.25. The van der Waals surface area contributed by atoms with Gasteiger partial charge < -0.3 is 15.7 Å². The molecule has 13 heavy (non-hydrogen) atoms. The van der Waals surface area contributed by atoms with Gasteiger partial charge in [-0.3, -0.25) is 0 Å². The highest BCUT2D eigenvalue weighted by atomic mass is 16.4. The number of hydrogen-bond donors (Lipinski definition) is 3. The summed E-state index contributed by atoms with van der Waals surface area (Å²) in [6, 6.07) is 7.03. The van der Waals surface area contributed by atoms with Crippen LogP contribution in [-0.2, 0) is 4.79 Å². The number of aliphatic carboxylic acids is 1. The van der Waals surface area contributed by atoms with Gasteiger partial charge in [-0.1, -0.05) is 12.1 Å². The lowest BCUT2D eigenvalue weighted by Crippen LogP contribution is -2.39. The van der Waals surface area contributed by atoms with Gasteiger partial charge in [0.25, 0.3) is 0 Å². The summed E-state index contributed by atoms with van der Waals surface area (Å²) in [4.78, 5) is 10.7. The Morgan fingerprint density at radius 2 is 2.08 bits per heavy atom. The molecule has 4 heteroatoms. The van der Waals surface area contributed by atoms with E-state index >= 15 is 0 Å². The van der Waals surface area contributed by atoms with E-state index in [1.165, 1.54) is 0 Å². The van der Waals surface area contributed by atoms with Crippen LogP contribution in [-0.4, -0.2) is 23.7 Å². The Labute approximate surface area is 75.6 Å². The molecule has 0 saturated heterocycles. The van der Waals surface area contributed by atoms with Gasteiger partial charge in [-0.25, -0.2) is 4.79 Å². The summed E-state index contributed by atoms with van der Waals surface area (Å²) in [5.41, 5.74) is 1.81. The summed E-state index contributed by atoms with van der Waals surface area (Å²) < 4.78 is 0. The quantitative estimate of drug-likeness (QED) is 0.599. The SMILES string of the molecule is O=C(O)C1CNc2ccccc2N1. The molecule has 0 aliphatic carbocycles. The number of carboxylic acid groups (broad SMARTS) is 1. The first kappa shape index (κ1) is 7.91. The fourth-order valence-corrected chi connectivity index (χ4v) is 1.36. The fraction of sp³-hybridized carbons (Fsp3) is 0.222. The van der Waals surface area contributed by atoms with Gasteiger partial charge in [-0.2, -0.15) is 0 Å². The molecule has 0 saturated carbocycles. The second kappa shape index (κ2) is 2.97. The Hall–Kier alpha value is -1.71. The second-order valence-electron chi connectivity index (χ2n) is 2.96. The largest absolute Gasteiger partial charge is 0.480 e. The van der Waals surface area contributed by atoms with Gasteiger partial charge >= 0.3 is 5.97 Å². The Bertz CT molecular complexity index is 338. The van der Waals surface area contributed by atoms with E-state index in [2.05, 4.69) is 10.6 Å². The van der Waals surface area contributed by atoms with E-state index in [1.807, 2.05) is 24.3 Å². The number of anilines is 2. The molecule has 1 aromatic rings. The van der Waals surface area contributed by atoms with Crippen LogP contribution in [0.1, 0.15) is 0 Å². The normalized spacial score (nSPS) is 19.5. The molecule has 68 valence electrons. The molecule has 1 heterocycles. The van der Waals surface area contributed by atoms with Gasteiger partial charge in [0, 0.05) is 6.54 Å². The van der Waals surface area contributed by atoms with Crippen molar-refractivity contribution < 1.29 is 9.90 Å². The van der Waals surface area contributed by atoms with Gasteiger partial charge in [0.2, 0.25) is 0 Å². The summed E-state index contributed by atoms with van der Waals surface area (Å²) in [6.45, 7) is 0.423. The summed E-state index contributed by atoms with van der Waals surface area (Å²) in [5, 5.41) is 14.7. The predicted molar refractivity (Wildman–Crippen MR) is 50.0 cm³/mol. The minimum atomic E-state index is -0.831. The van der Waals surface area contributed by atoms with Crippen LogP contribution in [0.5, 0.6) is 0 Å². The van der Waals surface area contributed by atoms with E-state index in [0.29, 0.717) is 6.54 Å². The third-order valence-electron chi connectivity index (χ3n) is 2.05. The van der Waals surface area contributed by atoms with Crippen molar-refractivity contribution in [3.63, 3.8) is 0 Å². The van der Waals surface area contributed by atoms with Gasteiger partial charge in [0.1, 0.15) is 6.04 Å². The Kier molecular flexibility index (Phi) is 1.81. The first-order valence-corrected chi connectivity index (χ1v) is 4.09. The molecular weight excluding hydrogens is 168 g/mol. The molecule has 0 bridgehead atoms. The third-order valence-corrected chi connectivity index (χ3v) is 2.05. The Balaban J connectivity index is 2.24. The molecule has 0 fully saturated rings. The molecule has 1 aliphatic rings. The van der Waals surface area contributed by atoms with E-state index in [1.54, 1.807) is 0 Å². The highest BCUT2D eigenvalue weighted by Crippen LogP contribution is 2.24. The van der Waals surface area contributed by atoms with Gasteiger partial charge in [0.05, 0.1) is 11.4 Å². The van der Waals surface area contributed by atoms with Crippen molar-refractivity contribution in [2.45, 2.75) is 6.04 Å². The second-order valence-corrected chi connectivity index (χ2v) is 2.96. The number of para-hydroxylation sites is 2. The topological polar surface area (TPSA) is 61.4 Å². The average molecular weight is 178 g/mol. The van der Waals surface area contributed by atoms with Crippen molar-refractivity contribution in [3.05, 3.63) is 24.3 Å². The van der Waals surface area contributed by atoms with Gasteiger partial charge in [0.15, 0.2) is 0 Å². The van der Waals surface area contributed by atoms with Crippen molar-refractivity contribution in [3.8, 4) is 0 Å². The standard InChI is InChI=1S/C9H10N2O2/c12-9(13)8-5-10-6-3-1-2-4-7(6)11-8/h1-4,8,10-11H,5H2,(H,12,13). The molecule has 4 nitrogen and oxygen atoms in total. The third kappa shape index (κ3) is 1.42. The number of rotatable bonds is 1. The lowest BCUT2D eigenvalue weighted by atomic mass is 10.1. The van der Waals surface area contributed by atoms with E-state index in [4.69, 9.17) is 5.11 Å². The smallest absolute Gasteiger partial charge is 0.327 e. The molecule has 1 atom stereocenters. The summed E-state index contributed by atoms with van der Waals surface area (Å²) in [7, 11) is 0. The van der Waals surface area contributed by atoms with Crippen LogP contribution in [0.3, 0.4) is 0 Å². The first-order valence-electron chi connectivity index (χ1n) is 4.09. The number of carbonyl (C=O) groups is 1. The molecule has 1 aromatic carbocycles. The summed E-state index contributed by atoms with van der Waals surface area (Å²) in [5.74, 6) is -0.831. The number of fused-ring (bicyclic) bond motifs is 1.